The van der Waals surface area contributed by atoms with Gasteiger partial charge < -0.3 is 14.8 Å². The summed E-state index contributed by atoms with van der Waals surface area (Å²) >= 11 is 0. The maximum absolute atomic E-state index is 5.70. The normalized spacial score (nSPS) is 21.9. The zero-order chi connectivity index (χ0) is 13.7. The van der Waals surface area contributed by atoms with Crippen molar-refractivity contribution >= 4 is 5.95 Å². The highest BCUT2D eigenvalue weighted by atomic mass is 16.5. The minimum atomic E-state index is -0.0771. The number of nitrogens with one attached hydrogen (secondary N) is 1. The molecule has 2 heterocycles. The molecule has 0 amide bonds. The van der Waals surface area contributed by atoms with E-state index in [9.17, 15) is 0 Å². The Bertz CT molecular complexity index is 409. The zero-order valence-electron chi connectivity index (χ0n) is 12.0. The van der Waals surface area contributed by atoms with Gasteiger partial charge in [0.25, 0.3) is 0 Å². The maximum Gasteiger partial charge on any atom is 0.226 e. The van der Waals surface area contributed by atoms with E-state index in [2.05, 4.69) is 36.1 Å². The van der Waals surface area contributed by atoms with Crippen molar-refractivity contribution in [1.82, 2.24) is 9.97 Å². The van der Waals surface area contributed by atoms with Crippen molar-refractivity contribution in [2.75, 3.05) is 18.5 Å². The van der Waals surface area contributed by atoms with E-state index < -0.39 is 0 Å². The first-order chi connectivity index (χ1) is 9.09. The topological polar surface area (TPSA) is 56.3 Å². The van der Waals surface area contributed by atoms with Gasteiger partial charge in [-0.2, -0.15) is 4.98 Å². The summed E-state index contributed by atoms with van der Waals surface area (Å²) in [6, 6.07) is 2.14. The first-order valence-corrected chi connectivity index (χ1v) is 6.95. The standard InChI is InChI=1S/C14H23N3O2/c1-4-8-18-12-5-7-15-13(17-12)16-11-6-9-19-14(2,3)10-11/h5,7,11H,4,6,8-10H2,1-3H3,(H,15,16,17). The second-order valence-electron chi connectivity index (χ2n) is 5.51. The first-order valence-electron chi connectivity index (χ1n) is 6.95. The van der Waals surface area contributed by atoms with Crippen molar-refractivity contribution < 1.29 is 9.47 Å². The largest absolute Gasteiger partial charge is 0.478 e. The van der Waals surface area contributed by atoms with Crippen LogP contribution in [0.25, 0.3) is 0 Å². The average molecular weight is 265 g/mol. The summed E-state index contributed by atoms with van der Waals surface area (Å²) in [4.78, 5) is 8.61. The highest BCUT2D eigenvalue weighted by molar-refractivity contribution is 5.29. The Morgan fingerprint density at radius 3 is 3.11 bits per heavy atom. The Morgan fingerprint density at radius 2 is 2.37 bits per heavy atom. The zero-order valence-corrected chi connectivity index (χ0v) is 12.0. The van der Waals surface area contributed by atoms with E-state index in [0.29, 0.717) is 24.5 Å². The molecule has 2 rings (SSSR count). The fourth-order valence-corrected chi connectivity index (χ4v) is 2.24. The average Bonchev–Trinajstić information content (AvgIpc) is 2.35. The van der Waals surface area contributed by atoms with Crippen LogP contribution in [0.2, 0.25) is 0 Å². The van der Waals surface area contributed by atoms with Crippen LogP contribution >= 0.6 is 0 Å². The van der Waals surface area contributed by atoms with E-state index in [0.717, 1.165) is 25.9 Å². The fraction of sp³-hybridized carbons (Fsp3) is 0.714. The monoisotopic (exact) mass is 265 g/mol. The lowest BCUT2D eigenvalue weighted by atomic mass is 9.94. The van der Waals surface area contributed by atoms with E-state index in [-0.39, 0.29) is 5.60 Å². The molecule has 1 unspecified atom stereocenters. The van der Waals surface area contributed by atoms with Crippen LogP contribution in [0.15, 0.2) is 12.3 Å². The number of aromatic nitrogens is 2. The molecule has 1 aliphatic rings. The number of nitrogens with zero attached hydrogens (tertiary/aromatic N) is 2. The third kappa shape index (κ3) is 4.35. The third-order valence-electron chi connectivity index (χ3n) is 3.11. The Balaban J connectivity index is 1.94. The fourth-order valence-electron chi connectivity index (χ4n) is 2.24. The molecule has 5 heteroatoms. The van der Waals surface area contributed by atoms with Crippen LogP contribution in [0.4, 0.5) is 5.95 Å². The molecule has 0 radical (unpaired) electrons. The van der Waals surface area contributed by atoms with Crippen LogP contribution in [-0.2, 0) is 4.74 Å². The van der Waals surface area contributed by atoms with Crippen LogP contribution in [0, 0.1) is 0 Å². The summed E-state index contributed by atoms with van der Waals surface area (Å²) < 4.78 is 11.2. The van der Waals surface area contributed by atoms with Gasteiger partial charge in [0.2, 0.25) is 11.8 Å². The number of ether oxygens (including phenoxy) is 2. The van der Waals surface area contributed by atoms with Crippen LogP contribution < -0.4 is 10.1 Å². The third-order valence-corrected chi connectivity index (χ3v) is 3.11. The summed E-state index contributed by atoms with van der Waals surface area (Å²) in [6.07, 6.45) is 4.63. The van der Waals surface area contributed by atoms with Crippen molar-refractivity contribution in [3.05, 3.63) is 12.3 Å². The van der Waals surface area contributed by atoms with Crippen molar-refractivity contribution in [3.8, 4) is 5.88 Å². The molecule has 0 saturated carbocycles. The summed E-state index contributed by atoms with van der Waals surface area (Å²) in [7, 11) is 0. The molecular weight excluding hydrogens is 242 g/mol. The van der Waals surface area contributed by atoms with E-state index >= 15 is 0 Å². The van der Waals surface area contributed by atoms with Gasteiger partial charge in [0.1, 0.15) is 0 Å². The lowest BCUT2D eigenvalue weighted by Crippen LogP contribution is -2.40. The Labute approximate surface area is 114 Å². The Morgan fingerprint density at radius 1 is 1.53 bits per heavy atom. The number of hydrogen-bond donors (Lipinski definition) is 1. The highest BCUT2D eigenvalue weighted by Gasteiger charge is 2.29. The van der Waals surface area contributed by atoms with E-state index in [1.165, 1.54) is 0 Å². The molecule has 0 aliphatic carbocycles. The lowest BCUT2D eigenvalue weighted by Gasteiger charge is -2.35. The second-order valence-corrected chi connectivity index (χ2v) is 5.51. The minimum Gasteiger partial charge on any atom is -0.478 e. The van der Waals surface area contributed by atoms with E-state index in [4.69, 9.17) is 9.47 Å². The van der Waals surface area contributed by atoms with Gasteiger partial charge in [0.05, 0.1) is 12.2 Å². The summed E-state index contributed by atoms with van der Waals surface area (Å²) in [5.41, 5.74) is -0.0771. The van der Waals surface area contributed by atoms with E-state index in [1.807, 2.05) is 0 Å². The molecule has 1 N–H and O–H groups in total. The second kappa shape index (κ2) is 6.19. The number of rotatable bonds is 5. The van der Waals surface area contributed by atoms with Crippen molar-refractivity contribution in [2.24, 2.45) is 0 Å². The smallest absolute Gasteiger partial charge is 0.226 e. The molecule has 5 nitrogen and oxygen atoms in total. The predicted octanol–water partition coefficient (Wildman–Crippen LogP) is 2.63. The molecule has 1 aromatic heterocycles. The molecule has 1 aliphatic heterocycles. The van der Waals surface area contributed by atoms with E-state index in [1.54, 1.807) is 12.3 Å². The maximum atomic E-state index is 5.70. The SMILES string of the molecule is CCCOc1ccnc(NC2CCOC(C)(C)C2)n1. The molecule has 1 atom stereocenters. The minimum absolute atomic E-state index is 0.0771. The Hall–Kier alpha value is -1.36. The van der Waals surface area contributed by atoms with Gasteiger partial charge in [-0.05, 0) is 33.1 Å². The van der Waals surface area contributed by atoms with Gasteiger partial charge in [-0.25, -0.2) is 4.98 Å². The molecule has 0 spiro atoms. The molecule has 1 aromatic rings. The van der Waals surface area contributed by atoms with Gasteiger partial charge in [-0.3, -0.25) is 0 Å². The lowest BCUT2D eigenvalue weighted by molar-refractivity contribution is -0.0554. The van der Waals surface area contributed by atoms with Gasteiger partial charge in [-0.1, -0.05) is 6.92 Å². The van der Waals surface area contributed by atoms with Crippen LogP contribution in [0.3, 0.4) is 0 Å². The highest BCUT2D eigenvalue weighted by Crippen LogP contribution is 2.25. The number of anilines is 1. The van der Waals surface area contributed by atoms with Gasteiger partial charge in [0, 0.05) is 24.9 Å². The summed E-state index contributed by atoms with van der Waals surface area (Å²) in [5.74, 6) is 1.27. The molecule has 1 saturated heterocycles. The van der Waals surface area contributed by atoms with Crippen LogP contribution in [-0.4, -0.2) is 34.8 Å². The molecule has 1 fully saturated rings. The number of hydrogen-bond acceptors (Lipinski definition) is 5. The van der Waals surface area contributed by atoms with Crippen molar-refractivity contribution in [3.63, 3.8) is 0 Å². The van der Waals surface area contributed by atoms with Crippen molar-refractivity contribution in [2.45, 2.75) is 51.7 Å². The van der Waals surface area contributed by atoms with Gasteiger partial charge in [0.15, 0.2) is 0 Å². The molecule has 106 valence electrons. The van der Waals surface area contributed by atoms with Crippen molar-refractivity contribution in [1.29, 1.82) is 0 Å². The van der Waals surface area contributed by atoms with Crippen LogP contribution in [0.5, 0.6) is 5.88 Å². The summed E-state index contributed by atoms with van der Waals surface area (Å²) in [5, 5.41) is 3.37. The van der Waals surface area contributed by atoms with Crippen LogP contribution in [0.1, 0.15) is 40.0 Å². The quantitative estimate of drug-likeness (QED) is 0.887. The molecule has 0 aromatic carbocycles. The predicted molar refractivity (Wildman–Crippen MR) is 74.5 cm³/mol. The molecule has 0 bridgehead atoms. The van der Waals surface area contributed by atoms with Gasteiger partial charge in [-0.15, -0.1) is 0 Å². The summed E-state index contributed by atoms with van der Waals surface area (Å²) in [6.45, 7) is 7.76. The molecular formula is C14H23N3O2. The first kappa shape index (κ1) is 14.1. The molecule has 19 heavy (non-hydrogen) atoms. The van der Waals surface area contributed by atoms with Gasteiger partial charge >= 0.3 is 0 Å². The Kier molecular flexibility index (Phi) is 4.58.